The number of hydrogen-bond acceptors (Lipinski definition) is 2. The molecule has 2 heterocycles. The van der Waals surface area contributed by atoms with Gasteiger partial charge in [-0.25, -0.2) is 4.98 Å². The second kappa shape index (κ2) is 3.63. The van der Waals surface area contributed by atoms with Crippen LogP contribution in [0.2, 0.25) is 0 Å². The number of carbonyl (C=O) groups is 1. The highest BCUT2D eigenvalue weighted by Gasteiger charge is 2.15. The van der Waals surface area contributed by atoms with Crippen LogP contribution < -0.4 is 0 Å². The molecule has 0 saturated carbocycles. The summed E-state index contributed by atoms with van der Waals surface area (Å²) in [5, 5.41) is 0. The van der Waals surface area contributed by atoms with Crippen molar-refractivity contribution < 1.29 is 4.79 Å². The van der Waals surface area contributed by atoms with Crippen LogP contribution in [0.25, 0.3) is 5.65 Å². The normalized spacial score (nSPS) is 10.8. The predicted octanol–water partition coefficient (Wildman–Crippen LogP) is 1.65. The van der Waals surface area contributed by atoms with Crippen LogP contribution >= 0.6 is 0 Å². The van der Waals surface area contributed by atoms with Gasteiger partial charge in [0.1, 0.15) is 11.3 Å². The van der Waals surface area contributed by atoms with Gasteiger partial charge in [-0.15, -0.1) is 0 Å². The molecule has 0 atom stereocenters. The van der Waals surface area contributed by atoms with Gasteiger partial charge in [0.05, 0.1) is 6.20 Å². The zero-order valence-corrected chi connectivity index (χ0v) is 9.98. The number of fused-ring (bicyclic) bond motifs is 1. The first-order valence-corrected chi connectivity index (χ1v) is 5.17. The molecule has 4 nitrogen and oxygen atoms in total. The van der Waals surface area contributed by atoms with Crippen molar-refractivity contribution in [2.75, 3.05) is 14.1 Å². The summed E-state index contributed by atoms with van der Waals surface area (Å²) in [5.41, 5.74) is 3.55. The van der Waals surface area contributed by atoms with Crippen LogP contribution in [0.3, 0.4) is 0 Å². The van der Waals surface area contributed by atoms with Gasteiger partial charge in [0.25, 0.3) is 5.91 Å². The standard InChI is InChI=1S/C12H15N3O/c1-8-5-6-9(2)15-10(7-13-11(8)15)12(16)14(3)4/h5-7H,1-4H3. The van der Waals surface area contributed by atoms with E-state index in [9.17, 15) is 4.79 Å². The molecular formula is C12H15N3O. The van der Waals surface area contributed by atoms with Gasteiger partial charge < -0.3 is 4.90 Å². The minimum Gasteiger partial charge on any atom is -0.343 e. The lowest BCUT2D eigenvalue weighted by molar-refractivity contribution is 0.0820. The van der Waals surface area contributed by atoms with Crippen LogP contribution in [-0.4, -0.2) is 34.3 Å². The summed E-state index contributed by atoms with van der Waals surface area (Å²) in [6.45, 7) is 3.96. The number of carbonyl (C=O) groups excluding carboxylic acids is 1. The lowest BCUT2D eigenvalue weighted by atomic mass is 10.2. The van der Waals surface area contributed by atoms with E-state index in [4.69, 9.17) is 0 Å². The van der Waals surface area contributed by atoms with E-state index in [1.54, 1.807) is 25.2 Å². The van der Waals surface area contributed by atoms with E-state index in [1.165, 1.54) is 0 Å². The first-order valence-electron chi connectivity index (χ1n) is 5.17. The number of aryl methyl sites for hydroxylation is 2. The highest BCUT2D eigenvalue weighted by atomic mass is 16.2. The van der Waals surface area contributed by atoms with Crippen LogP contribution in [0, 0.1) is 13.8 Å². The van der Waals surface area contributed by atoms with E-state index in [-0.39, 0.29) is 5.91 Å². The van der Waals surface area contributed by atoms with Gasteiger partial charge >= 0.3 is 0 Å². The Kier molecular flexibility index (Phi) is 2.42. The Morgan fingerprint density at radius 2 is 2.00 bits per heavy atom. The summed E-state index contributed by atoms with van der Waals surface area (Å²) in [6.07, 6.45) is 1.64. The fraction of sp³-hybridized carbons (Fsp3) is 0.333. The third-order valence-corrected chi connectivity index (χ3v) is 2.67. The molecule has 2 rings (SSSR count). The Bertz CT molecular complexity index is 555. The Balaban J connectivity index is 2.74. The number of nitrogens with zero attached hydrogens (tertiary/aromatic N) is 3. The minimum absolute atomic E-state index is 0.0267. The fourth-order valence-electron chi connectivity index (χ4n) is 1.76. The van der Waals surface area contributed by atoms with Gasteiger partial charge in [-0.05, 0) is 25.5 Å². The van der Waals surface area contributed by atoms with Crippen LogP contribution in [0.15, 0.2) is 18.3 Å². The molecule has 0 N–H and O–H groups in total. The topological polar surface area (TPSA) is 37.6 Å². The molecule has 0 radical (unpaired) electrons. The molecule has 0 saturated heterocycles. The van der Waals surface area contributed by atoms with Crippen molar-refractivity contribution in [3.63, 3.8) is 0 Å². The monoisotopic (exact) mass is 217 g/mol. The molecule has 16 heavy (non-hydrogen) atoms. The molecule has 2 aromatic heterocycles. The average molecular weight is 217 g/mol. The molecule has 0 aliphatic rings. The number of amides is 1. The third-order valence-electron chi connectivity index (χ3n) is 2.67. The van der Waals surface area contributed by atoms with Gasteiger partial charge in [0.2, 0.25) is 0 Å². The number of pyridine rings is 1. The predicted molar refractivity (Wildman–Crippen MR) is 62.7 cm³/mol. The highest BCUT2D eigenvalue weighted by molar-refractivity contribution is 5.93. The molecule has 0 unspecified atom stereocenters. The van der Waals surface area contributed by atoms with Crippen LogP contribution in [-0.2, 0) is 0 Å². The Morgan fingerprint density at radius 1 is 1.31 bits per heavy atom. The molecule has 0 aliphatic carbocycles. The fourth-order valence-corrected chi connectivity index (χ4v) is 1.76. The van der Waals surface area contributed by atoms with Crippen LogP contribution in [0.1, 0.15) is 21.7 Å². The zero-order valence-electron chi connectivity index (χ0n) is 9.98. The molecule has 4 heteroatoms. The summed E-state index contributed by atoms with van der Waals surface area (Å²) < 4.78 is 1.90. The second-order valence-electron chi connectivity index (χ2n) is 4.16. The number of imidazole rings is 1. The molecule has 0 aliphatic heterocycles. The van der Waals surface area contributed by atoms with E-state index in [1.807, 2.05) is 30.4 Å². The molecule has 0 fully saturated rings. The van der Waals surface area contributed by atoms with E-state index in [0.717, 1.165) is 16.9 Å². The van der Waals surface area contributed by atoms with Gasteiger partial charge in [-0.1, -0.05) is 6.07 Å². The quantitative estimate of drug-likeness (QED) is 0.728. The summed E-state index contributed by atoms with van der Waals surface area (Å²) in [4.78, 5) is 17.8. The van der Waals surface area contributed by atoms with Crippen molar-refractivity contribution in [2.24, 2.45) is 0 Å². The smallest absolute Gasteiger partial charge is 0.271 e. The molecule has 84 valence electrons. The Labute approximate surface area is 94.5 Å². The summed E-state index contributed by atoms with van der Waals surface area (Å²) in [5.74, 6) is -0.0267. The van der Waals surface area contributed by atoms with Gasteiger partial charge in [-0.2, -0.15) is 0 Å². The van der Waals surface area contributed by atoms with Crippen molar-refractivity contribution >= 4 is 11.6 Å². The van der Waals surface area contributed by atoms with Crippen molar-refractivity contribution in [3.05, 3.63) is 35.3 Å². The highest BCUT2D eigenvalue weighted by Crippen LogP contribution is 2.15. The maximum absolute atomic E-state index is 11.9. The summed E-state index contributed by atoms with van der Waals surface area (Å²) in [6, 6.07) is 4.01. The SMILES string of the molecule is Cc1ccc(C)n2c(C(=O)N(C)C)cnc12. The van der Waals surface area contributed by atoms with Gasteiger partial charge in [0.15, 0.2) is 0 Å². The number of aromatic nitrogens is 2. The largest absolute Gasteiger partial charge is 0.343 e. The summed E-state index contributed by atoms with van der Waals surface area (Å²) >= 11 is 0. The molecule has 1 amide bonds. The Hall–Kier alpha value is -1.84. The molecule has 0 spiro atoms. The minimum atomic E-state index is -0.0267. The maximum Gasteiger partial charge on any atom is 0.271 e. The van der Waals surface area contributed by atoms with Crippen molar-refractivity contribution in [3.8, 4) is 0 Å². The van der Waals surface area contributed by atoms with E-state index < -0.39 is 0 Å². The van der Waals surface area contributed by atoms with Crippen LogP contribution in [0.5, 0.6) is 0 Å². The van der Waals surface area contributed by atoms with E-state index >= 15 is 0 Å². The van der Waals surface area contributed by atoms with E-state index in [0.29, 0.717) is 5.69 Å². The lowest BCUT2D eigenvalue weighted by Crippen LogP contribution is -2.23. The van der Waals surface area contributed by atoms with E-state index in [2.05, 4.69) is 4.98 Å². The van der Waals surface area contributed by atoms with Crippen molar-refractivity contribution in [1.29, 1.82) is 0 Å². The van der Waals surface area contributed by atoms with Crippen molar-refractivity contribution in [2.45, 2.75) is 13.8 Å². The van der Waals surface area contributed by atoms with Gasteiger partial charge in [0, 0.05) is 19.8 Å². The number of rotatable bonds is 1. The second-order valence-corrected chi connectivity index (χ2v) is 4.16. The zero-order chi connectivity index (χ0) is 11.9. The summed E-state index contributed by atoms with van der Waals surface area (Å²) in [7, 11) is 3.49. The molecule has 2 aromatic rings. The molecule has 0 bridgehead atoms. The Morgan fingerprint density at radius 3 is 2.62 bits per heavy atom. The maximum atomic E-state index is 11.9. The van der Waals surface area contributed by atoms with Crippen LogP contribution in [0.4, 0.5) is 0 Å². The first kappa shape index (κ1) is 10.7. The first-order chi connectivity index (χ1) is 7.52. The third kappa shape index (κ3) is 1.46. The van der Waals surface area contributed by atoms with Gasteiger partial charge in [-0.3, -0.25) is 9.20 Å². The molecule has 0 aromatic carbocycles. The molecular weight excluding hydrogens is 202 g/mol. The number of hydrogen-bond donors (Lipinski definition) is 0. The van der Waals surface area contributed by atoms with Crippen molar-refractivity contribution in [1.82, 2.24) is 14.3 Å². The average Bonchev–Trinajstić information content (AvgIpc) is 2.67. The lowest BCUT2D eigenvalue weighted by Gasteiger charge is -2.11.